The highest BCUT2D eigenvalue weighted by atomic mass is 19.1. The highest BCUT2D eigenvalue weighted by Crippen LogP contribution is 2.32. The predicted octanol–water partition coefficient (Wildman–Crippen LogP) is 1.84. The Morgan fingerprint density at radius 1 is 1.36 bits per heavy atom. The van der Waals surface area contributed by atoms with Crippen molar-refractivity contribution in [3.63, 3.8) is 0 Å². The van der Waals surface area contributed by atoms with E-state index in [0.717, 1.165) is 12.0 Å². The Morgan fingerprint density at radius 3 is 3.00 bits per heavy atom. The van der Waals surface area contributed by atoms with Crippen molar-refractivity contribution in [3.05, 3.63) is 47.7 Å². The number of benzene rings is 1. The van der Waals surface area contributed by atoms with Crippen LogP contribution in [0.5, 0.6) is 5.75 Å². The molecule has 0 fully saturated rings. The van der Waals surface area contributed by atoms with Crippen LogP contribution < -0.4 is 15.8 Å². The Morgan fingerprint density at radius 2 is 2.18 bits per heavy atom. The molecule has 0 radical (unpaired) electrons. The zero-order valence-corrected chi connectivity index (χ0v) is 11.8. The Kier molecular flexibility index (Phi) is 3.86. The molecular formula is C15H15FN4O2. The summed E-state index contributed by atoms with van der Waals surface area (Å²) in [6, 6.07) is 4.02. The Balaban J connectivity index is 1.86. The van der Waals surface area contributed by atoms with Gasteiger partial charge >= 0.3 is 0 Å². The minimum Gasteiger partial charge on any atom is -0.493 e. The number of nitrogens with zero attached hydrogens (tertiary/aromatic N) is 2. The molecule has 6 nitrogen and oxygen atoms in total. The number of nitrogen functional groups attached to an aromatic ring is 1. The van der Waals surface area contributed by atoms with Crippen LogP contribution in [0.1, 0.15) is 34.9 Å². The molecule has 0 saturated heterocycles. The maximum absolute atomic E-state index is 13.3. The van der Waals surface area contributed by atoms with Crippen molar-refractivity contribution in [2.75, 3.05) is 12.3 Å². The summed E-state index contributed by atoms with van der Waals surface area (Å²) in [5.74, 6) is -0.254. The Hall–Kier alpha value is -2.70. The number of rotatable bonds is 2. The average molecular weight is 302 g/mol. The van der Waals surface area contributed by atoms with E-state index < -0.39 is 5.91 Å². The van der Waals surface area contributed by atoms with Crippen molar-refractivity contribution in [1.82, 2.24) is 15.3 Å². The van der Waals surface area contributed by atoms with E-state index in [0.29, 0.717) is 18.8 Å². The lowest BCUT2D eigenvalue weighted by Gasteiger charge is -2.18. The van der Waals surface area contributed by atoms with Gasteiger partial charge < -0.3 is 15.8 Å². The molecule has 22 heavy (non-hydrogen) atoms. The van der Waals surface area contributed by atoms with Crippen molar-refractivity contribution in [3.8, 4) is 5.75 Å². The van der Waals surface area contributed by atoms with Gasteiger partial charge in [0.1, 0.15) is 11.6 Å². The summed E-state index contributed by atoms with van der Waals surface area (Å²) in [4.78, 5) is 20.1. The maximum Gasteiger partial charge on any atom is 0.274 e. The number of aromatic nitrogens is 2. The molecule has 2 heterocycles. The third-order valence-corrected chi connectivity index (χ3v) is 3.49. The molecule has 1 aromatic carbocycles. The van der Waals surface area contributed by atoms with Gasteiger partial charge in [-0.25, -0.2) is 14.4 Å². The molecule has 1 atom stereocenters. The van der Waals surface area contributed by atoms with Crippen LogP contribution in [0.25, 0.3) is 0 Å². The molecule has 1 aliphatic rings. The van der Waals surface area contributed by atoms with Crippen LogP contribution in [-0.2, 0) is 0 Å². The second kappa shape index (κ2) is 5.97. The van der Waals surface area contributed by atoms with Crippen LogP contribution >= 0.6 is 0 Å². The molecule has 3 N–H and O–H groups in total. The van der Waals surface area contributed by atoms with E-state index in [4.69, 9.17) is 10.5 Å². The highest BCUT2D eigenvalue weighted by Gasteiger charge is 2.23. The van der Waals surface area contributed by atoms with Crippen LogP contribution in [0.3, 0.4) is 0 Å². The Labute approximate surface area is 126 Å². The van der Waals surface area contributed by atoms with Gasteiger partial charge in [0.15, 0.2) is 11.5 Å². The first-order valence-corrected chi connectivity index (χ1v) is 6.95. The van der Waals surface area contributed by atoms with Gasteiger partial charge in [-0.3, -0.25) is 4.79 Å². The second-order valence-electron chi connectivity index (χ2n) is 4.99. The SMILES string of the molecule is Nc1nccnc1C(=O)N[C@@H]1CCCOc2cc(F)ccc21. The topological polar surface area (TPSA) is 90.1 Å². The molecule has 114 valence electrons. The number of nitrogens with two attached hydrogens (primary N) is 1. The van der Waals surface area contributed by atoms with Crippen LogP contribution in [0.2, 0.25) is 0 Å². The normalized spacial score (nSPS) is 17.0. The molecule has 3 rings (SSSR count). The van der Waals surface area contributed by atoms with Gasteiger partial charge in [0.25, 0.3) is 5.91 Å². The summed E-state index contributed by atoms with van der Waals surface area (Å²) in [5, 5.41) is 2.87. The Bertz CT molecular complexity index is 708. The summed E-state index contributed by atoms with van der Waals surface area (Å²) in [6.07, 6.45) is 4.26. The van der Waals surface area contributed by atoms with Crippen molar-refractivity contribution in [2.45, 2.75) is 18.9 Å². The molecule has 0 spiro atoms. The zero-order valence-electron chi connectivity index (χ0n) is 11.8. The zero-order chi connectivity index (χ0) is 15.5. The molecule has 0 unspecified atom stereocenters. The summed E-state index contributed by atoms with van der Waals surface area (Å²) in [6.45, 7) is 0.482. The van der Waals surface area contributed by atoms with E-state index in [1.54, 1.807) is 6.07 Å². The van der Waals surface area contributed by atoms with E-state index >= 15 is 0 Å². The molecular weight excluding hydrogens is 287 g/mol. The smallest absolute Gasteiger partial charge is 0.274 e. The molecule has 1 aromatic heterocycles. The van der Waals surface area contributed by atoms with Crippen LogP contribution in [0, 0.1) is 5.82 Å². The van der Waals surface area contributed by atoms with Gasteiger partial charge in [0.2, 0.25) is 0 Å². The minimum absolute atomic E-state index is 0.0733. The van der Waals surface area contributed by atoms with Gasteiger partial charge in [-0.05, 0) is 18.9 Å². The largest absolute Gasteiger partial charge is 0.493 e. The number of anilines is 1. The summed E-state index contributed by atoms with van der Waals surface area (Å²) in [5.41, 5.74) is 6.49. The van der Waals surface area contributed by atoms with E-state index in [1.165, 1.54) is 24.5 Å². The molecule has 0 bridgehead atoms. The van der Waals surface area contributed by atoms with E-state index in [2.05, 4.69) is 15.3 Å². The van der Waals surface area contributed by atoms with Gasteiger partial charge in [-0.15, -0.1) is 0 Å². The first kappa shape index (κ1) is 14.2. The number of fused-ring (bicyclic) bond motifs is 1. The predicted molar refractivity (Wildman–Crippen MR) is 77.8 cm³/mol. The fourth-order valence-electron chi connectivity index (χ4n) is 2.45. The summed E-state index contributed by atoms with van der Waals surface area (Å²) >= 11 is 0. The third-order valence-electron chi connectivity index (χ3n) is 3.49. The minimum atomic E-state index is -0.409. The summed E-state index contributed by atoms with van der Waals surface area (Å²) < 4.78 is 18.9. The fourth-order valence-corrected chi connectivity index (χ4v) is 2.45. The number of carbonyl (C=O) groups is 1. The van der Waals surface area contributed by atoms with Gasteiger partial charge in [-0.1, -0.05) is 6.07 Å². The molecule has 0 saturated carbocycles. The van der Waals surface area contributed by atoms with E-state index in [1.807, 2.05) is 0 Å². The van der Waals surface area contributed by atoms with Crippen molar-refractivity contribution < 1.29 is 13.9 Å². The lowest BCUT2D eigenvalue weighted by atomic mass is 10.0. The number of ether oxygens (including phenoxy) is 1. The number of hydrogen-bond acceptors (Lipinski definition) is 5. The van der Waals surface area contributed by atoms with Gasteiger partial charge in [-0.2, -0.15) is 0 Å². The fraction of sp³-hybridized carbons (Fsp3) is 0.267. The van der Waals surface area contributed by atoms with Gasteiger partial charge in [0, 0.05) is 24.0 Å². The quantitative estimate of drug-likeness (QED) is 0.883. The van der Waals surface area contributed by atoms with Crippen LogP contribution in [-0.4, -0.2) is 22.5 Å². The summed E-state index contributed by atoms with van der Waals surface area (Å²) in [7, 11) is 0. The number of hydrogen-bond donors (Lipinski definition) is 2. The number of halogens is 1. The standard InChI is InChI=1S/C15H15FN4O2/c16-9-3-4-10-11(2-1-7-22-12(10)8-9)20-15(21)13-14(17)19-6-5-18-13/h3-6,8,11H,1-2,7H2,(H2,17,19)(H,20,21)/t11-/m1/s1. The first-order chi connectivity index (χ1) is 10.6. The third kappa shape index (κ3) is 2.83. The number of amides is 1. The number of nitrogens with one attached hydrogen (secondary N) is 1. The van der Waals surface area contributed by atoms with E-state index in [-0.39, 0.29) is 23.4 Å². The lowest BCUT2D eigenvalue weighted by molar-refractivity contribution is 0.0930. The molecule has 7 heteroatoms. The van der Waals surface area contributed by atoms with Crippen molar-refractivity contribution >= 4 is 11.7 Å². The highest BCUT2D eigenvalue weighted by molar-refractivity contribution is 5.96. The van der Waals surface area contributed by atoms with Gasteiger partial charge in [0.05, 0.1) is 12.6 Å². The average Bonchev–Trinajstić information content (AvgIpc) is 2.69. The first-order valence-electron chi connectivity index (χ1n) is 6.95. The lowest BCUT2D eigenvalue weighted by Crippen LogP contribution is -2.30. The van der Waals surface area contributed by atoms with Crippen molar-refractivity contribution in [1.29, 1.82) is 0 Å². The van der Waals surface area contributed by atoms with Crippen LogP contribution in [0.4, 0.5) is 10.2 Å². The number of carbonyl (C=O) groups excluding carboxylic acids is 1. The monoisotopic (exact) mass is 302 g/mol. The molecule has 2 aromatic rings. The molecule has 0 aliphatic carbocycles. The van der Waals surface area contributed by atoms with E-state index in [9.17, 15) is 9.18 Å². The van der Waals surface area contributed by atoms with Crippen LogP contribution in [0.15, 0.2) is 30.6 Å². The molecule has 1 aliphatic heterocycles. The second-order valence-corrected chi connectivity index (χ2v) is 4.99. The molecule has 1 amide bonds. The van der Waals surface area contributed by atoms with Crippen molar-refractivity contribution in [2.24, 2.45) is 0 Å². The maximum atomic E-state index is 13.3.